The smallest absolute Gasteiger partial charge is 0.0964 e. The van der Waals surface area contributed by atoms with Crippen LogP contribution in [0.3, 0.4) is 0 Å². The summed E-state index contributed by atoms with van der Waals surface area (Å²) in [6, 6.07) is 12.7. The molecule has 1 aliphatic rings. The van der Waals surface area contributed by atoms with Crippen LogP contribution in [-0.4, -0.2) is 16.0 Å². The molecule has 1 aromatic carbocycles. The van der Waals surface area contributed by atoms with Gasteiger partial charge in [0.25, 0.3) is 0 Å². The molecule has 3 nitrogen and oxygen atoms in total. The second kappa shape index (κ2) is 4.42. The van der Waals surface area contributed by atoms with Crippen molar-refractivity contribution in [2.75, 3.05) is 6.61 Å². The van der Waals surface area contributed by atoms with Gasteiger partial charge in [-0.2, -0.15) is 0 Å². The first kappa shape index (κ1) is 12.0. The van der Waals surface area contributed by atoms with Gasteiger partial charge in [0.05, 0.1) is 29.8 Å². The molecule has 0 radical (unpaired) electrons. The minimum absolute atomic E-state index is 0.655. The van der Waals surface area contributed by atoms with Gasteiger partial charge in [-0.3, -0.25) is 0 Å². The van der Waals surface area contributed by atoms with Crippen LogP contribution in [0.5, 0.6) is 0 Å². The lowest BCUT2D eigenvalue weighted by molar-refractivity contribution is 0.150. The number of hydrogen-bond acceptors (Lipinski definition) is 2. The van der Waals surface area contributed by atoms with Crippen molar-refractivity contribution in [1.29, 1.82) is 0 Å². The molecule has 3 heteroatoms. The lowest BCUT2D eigenvalue weighted by Gasteiger charge is -2.05. The lowest BCUT2D eigenvalue weighted by atomic mass is 10.1. The first-order valence-corrected chi connectivity index (χ1v) is 7.46. The quantitative estimate of drug-likeness (QED) is 0.484. The van der Waals surface area contributed by atoms with Gasteiger partial charge in [0, 0.05) is 28.7 Å². The Hall–Kier alpha value is -2.65. The van der Waals surface area contributed by atoms with Gasteiger partial charge in [0.1, 0.15) is 0 Å². The van der Waals surface area contributed by atoms with E-state index in [4.69, 9.17) is 9.72 Å². The molecule has 0 fully saturated rings. The second-order valence-corrected chi connectivity index (χ2v) is 5.71. The zero-order valence-corrected chi connectivity index (χ0v) is 12.0. The molecule has 0 unspecified atom stereocenters. The highest BCUT2D eigenvalue weighted by Crippen LogP contribution is 2.27. The topological polar surface area (TPSA) is 26.5 Å². The highest BCUT2D eigenvalue weighted by atomic mass is 16.5. The molecule has 0 saturated carbocycles. The van der Waals surface area contributed by atoms with Gasteiger partial charge >= 0.3 is 0 Å². The molecule has 0 aliphatic carbocycles. The maximum Gasteiger partial charge on any atom is 0.0964 e. The molecule has 5 rings (SSSR count). The van der Waals surface area contributed by atoms with E-state index in [9.17, 15) is 0 Å². The Bertz CT molecular complexity index is 1060. The maximum absolute atomic E-state index is 5.59. The van der Waals surface area contributed by atoms with Gasteiger partial charge in [-0.1, -0.05) is 30.4 Å². The van der Waals surface area contributed by atoms with Crippen LogP contribution in [0, 0.1) is 0 Å². The third kappa shape index (κ3) is 1.69. The van der Waals surface area contributed by atoms with Gasteiger partial charge in [0.15, 0.2) is 0 Å². The van der Waals surface area contributed by atoms with Crippen molar-refractivity contribution in [3.8, 4) is 0 Å². The highest BCUT2D eigenvalue weighted by Gasteiger charge is 2.11. The van der Waals surface area contributed by atoms with Crippen molar-refractivity contribution in [3.63, 3.8) is 0 Å². The zero-order chi connectivity index (χ0) is 14.5. The van der Waals surface area contributed by atoms with E-state index in [1.165, 1.54) is 21.9 Å². The average Bonchev–Trinajstić information content (AvgIpc) is 2.72. The normalized spacial score (nSPS) is 14.5. The second-order valence-electron chi connectivity index (χ2n) is 5.71. The van der Waals surface area contributed by atoms with Gasteiger partial charge < -0.3 is 9.14 Å². The molecule has 0 spiro atoms. The first-order valence-electron chi connectivity index (χ1n) is 7.46. The summed E-state index contributed by atoms with van der Waals surface area (Å²) in [5.41, 5.74) is 5.68. The molecule has 3 aromatic heterocycles. The summed E-state index contributed by atoms with van der Waals surface area (Å²) in [5, 5.41) is 2.35. The monoisotopic (exact) mass is 286 g/mol. The fraction of sp³-hybridized carbons (Fsp3) is 0.105. The van der Waals surface area contributed by atoms with E-state index < -0.39 is 0 Å². The number of aromatic nitrogens is 2. The van der Waals surface area contributed by atoms with Crippen LogP contribution in [0.2, 0.25) is 0 Å². The van der Waals surface area contributed by atoms with Crippen molar-refractivity contribution >= 4 is 33.4 Å². The predicted octanol–water partition coefficient (Wildman–Crippen LogP) is 4.18. The fourth-order valence-corrected chi connectivity index (χ4v) is 3.20. The predicted molar refractivity (Wildman–Crippen MR) is 88.9 cm³/mol. The number of fused-ring (bicyclic) bond motifs is 5. The highest BCUT2D eigenvalue weighted by molar-refractivity contribution is 6.01. The lowest BCUT2D eigenvalue weighted by Crippen LogP contribution is -1.95. The Kier molecular flexibility index (Phi) is 2.40. The van der Waals surface area contributed by atoms with E-state index >= 15 is 0 Å². The molecule has 4 heterocycles. The molecule has 4 aromatic rings. The first-order chi connectivity index (χ1) is 10.9. The summed E-state index contributed by atoms with van der Waals surface area (Å²) < 4.78 is 7.76. The van der Waals surface area contributed by atoms with Gasteiger partial charge in [0.2, 0.25) is 0 Å². The minimum Gasteiger partial charge on any atom is -0.373 e. The van der Waals surface area contributed by atoms with Crippen molar-refractivity contribution in [3.05, 3.63) is 66.0 Å². The molecular weight excluding hydrogens is 272 g/mol. The summed E-state index contributed by atoms with van der Waals surface area (Å²) in [7, 11) is 0. The van der Waals surface area contributed by atoms with E-state index in [0.717, 1.165) is 16.6 Å². The van der Waals surface area contributed by atoms with Crippen molar-refractivity contribution < 1.29 is 4.74 Å². The molecule has 0 amide bonds. The summed E-state index contributed by atoms with van der Waals surface area (Å²) in [6.45, 7) is 1.33. The molecule has 22 heavy (non-hydrogen) atoms. The van der Waals surface area contributed by atoms with E-state index in [-0.39, 0.29) is 0 Å². The molecule has 0 bridgehead atoms. The standard InChI is InChI=1S/C19H14N2O/c1-2-6-17-14(4-1)8-15-10-21-11-16-12-22-7-3-5-13(16)9-18(21)19(15)20-17/h1-6,8-11H,7,12H2. The molecule has 1 aliphatic heterocycles. The summed E-state index contributed by atoms with van der Waals surface area (Å²) in [5.74, 6) is 0. The summed E-state index contributed by atoms with van der Waals surface area (Å²) >= 11 is 0. The molecule has 106 valence electrons. The van der Waals surface area contributed by atoms with E-state index in [2.05, 4.69) is 59.3 Å². The SMILES string of the molecule is C1=Cc2cc3c4nc5ccccc5cc4cn3cc2COC1. The van der Waals surface area contributed by atoms with Crippen LogP contribution >= 0.6 is 0 Å². The Labute approximate surface area is 127 Å². The Morgan fingerprint density at radius 2 is 2.00 bits per heavy atom. The number of rotatable bonds is 0. The van der Waals surface area contributed by atoms with Crippen LogP contribution in [0.4, 0.5) is 0 Å². The van der Waals surface area contributed by atoms with Crippen LogP contribution in [0.1, 0.15) is 11.1 Å². The van der Waals surface area contributed by atoms with E-state index in [0.29, 0.717) is 13.2 Å². The molecule has 0 atom stereocenters. The number of benzene rings is 1. The van der Waals surface area contributed by atoms with E-state index in [1.807, 2.05) is 6.07 Å². The molecule has 0 saturated heterocycles. The summed E-state index contributed by atoms with van der Waals surface area (Å²) in [4.78, 5) is 4.86. The van der Waals surface area contributed by atoms with Gasteiger partial charge in [-0.25, -0.2) is 4.98 Å². The Morgan fingerprint density at radius 1 is 1.05 bits per heavy atom. The Morgan fingerprint density at radius 3 is 3.00 bits per heavy atom. The average molecular weight is 286 g/mol. The van der Waals surface area contributed by atoms with Crippen LogP contribution in [0.15, 0.2) is 54.9 Å². The Balaban J connectivity index is 1.89. The van der Waals surface area contributed by atoms with Crippen LogP contribution in [-0.2, 0) is 11.3 Å². The van der Waals surface area contributed by atoms with Crippen molar-refractivity contribution in [2.24, 2.45) is 0 Å². The van der Waals surface area contributed by atoms with Crippen molar-refractivity contribution in [2.45, 2.75) is 6.61 Å². The number of para-hydroxylation sites is 1. The third-order valence-corrected chi connectivity index (χ3v) is 4.28. The largest absolute Gasteiger partial charge is 0.373 e. The number of hydrogen-bond donors (Lipinski definition) is 0. The number of nitrogens with zero attached hydrogens (tertiary/aromatic N) is 2. The number of pyridine rings is 2. The zero-order valence-electron chi connectivity index (χ0n) is 12.0. The molecule has 0 N–H and O–H groups in total. The van der Waals surface area contributed by atoms with Crippen LogP contribution < -0.4 is 0 Å². The van der Waals surface area contributed by atoms with E-state index in [1.54, 1.807) is 0 Å². The number of ether oxygens (including phenoxy) is 1. The minimum atomic E-state index is 0.655. The third-order valence-electron chi connectivity index (χ3n) is 4.28. The molecular formula is C19H14N2O. The van der Waals surface area contributed by atoms with Crippen LogP contribution in [0.25, 0.3) is 33.4 Å². The maximum atomic E-state index is 5.59. The van der Waals surface area contributed by atoms with Gasteiger partial charge in [-0.15, -0.1) is 0 Å². The van der Waals surface area contributed by atoms with Gasteiger partial charge in [-0.05, 0) is 23.8 Å². The summed E-state index contributed by atoms with van der Waals surface area (Å²) in [6.07, 6.45) is 8.52. The fourth-order valence-electron chi connectivity index (χ4n) is 3.20. The van der Waals surface area contributed by atoms with Crippen molar-refractivity contribution in [1.82, 2.24) is 9.38 Å².